The minimum absolute atomic E-state index is 0.0169. The van der Waals surface area contributed by atoms with Crippen molar-refractivity contribution in [2.75, 3.05) is 13.2 Å². The lowest BCUT2D eigenvalue weighted by atomic mass is 9.98. The van der Waals surface area contributed by atoms with E-state index in [0.717, 1.165) is 24.0 Å². The normalized spacial score (nSPS) is 13.1. The number of ether oxygens (including phenoxy) is 2. The molecule has 2 aromatic rings. The van der Waals surface area contributed by atoms with Crippen molar-refractivity contribution >= 4 is 12.1 Å². The summed E-state index contributed by atoms with van der Waals surface area (Å²) in [6, 6.07) is 15.7. The van der Waals surface area contributed by atoms with Crippen LogP contribution in [0.3, 0.4) is 0 Å². The lowest BCUT2D eigenvalue weighted by Gasteiger charge is -2.19. The Morgan fingerprint density at radius 3 is 2.30 bits per heavy atom. The van der Waals surface area contributed by atoms with Crippen molar-refractivity contribution in [1.29, 1.82) is 0 Å². The van der Waals surface area contributed by atoms with Gasteiger partial charge in [0.15, 0.2) is 0 Å². The van der Waals surface area contributed by atoms with Gasteiger partial charge >= 0.3 is 12.1 Å². The molecule has 0 saturated heterocycles. The molecule has 1 unspecified atom stereocenters. The van der Waals surface area contributed by atoms with Gasteiger partial charge in [0.1, 0.15) is 12.6 Å². The second-order valence-corrected chi connectivity index (χ2v) is 7.41. The maximum Gasteiger partial charge on any atom is 0.407 e. The minimum Gasteiger partial charge on any atom is -0.464 e. The third kappa shape index (κ3) is 5.09. The molecule has 3 rings (SSSR count). The van der Waals surface area contributed by atoms with Crippen molar-refractivity contribution in [3.05, 3.63) is 72.3 Å². The molecule has 0 spiro atoms. The molecule has 0 aliphatic heterocycles. The van der Waals surface area contributed by atoms with Gasteiger partial charge in [-0.1, -0.05) is 74.4 Å². The van der Waals surface area contributed by atoms with Crippen LogP contribution in [0.25, 0.3) is 11.1 Å². The van der Waals surface area contributed by atoms with Crippen LogP contribution >= 0.6 is 0 Å². The highest BCUT2D eigenvalue weighted by Gasteiger charge is 2.29. The van der Waals surface area contributed by atoms with Crippen LogP contribution < -0.4 is 5.32 Å². The largest absolute Gasteiger partial charge is 0.464 e. The predicted molar refractivity (Wildman–Crippen MR) is 117 cm³/mol. The number of benzene rings is 2. The highest BCUT2D eigenvalue weighted by molar-refractivity contribution is 5.82. The quantitative estimate of drug-likeness (QED) is 0.334. The summed E-state index contributed by atoms with van der Waals surface area (Å²) in [5.41, 5.74) is 4.65. The molecular formula is C25H29NO4. The van der Waals surface area contributed by atoms with E-state index in [-0.39, 0.29) is 19.1 Å². The molecule has 30 heavy (non-hydrogen) atoms. The third-order valence-electron chi connectivity index (χ3n) is 5.33. The predicted octanol–water partition coefficient (Wildman–Crippen LogP) is 5.20. The maximum absolute atomic E-state index is 12.5. The number of hydrogen-bond acceptors (Lipinski definition) is 4. The van der Waals surface area contributed by atoms with E-state index in [1.807, 2.05) is 31.2 Å². The molecule has 0 radical (unpaired) electrons. The molecule has 2 aromatic carbocycles. The number of unbranched alkanes of at least 4 members (excludes halogenated alkanes) is 1. The monoisotopic (exact) mass is 407 g/mol. The summed E-state index contributed by atoms with van der Waals surface area (Å²) < 4.78 is 10.8. The Labute approximate surface area is 178 Å². The van der Waals surface area contributed by atoms with Gasteiger partial charge in [0.2, 0.25) is 0 Å². The molecule has 5 nitrogen and oxygen atoms in total. The van der Waals surface area contributed by atoms with Crippen molar-refractivity contribution in [1.82, 2.24) is 5.32 Å². The van der Waals surface area contributed by atoms with E-state index in [1.54, 1.807) is 6.08 Å². The first kappa shape index (κ1) is 21.6. The number of nitrogens with one attached hydrogen (secondary N) is 1. The average Bonchev–Trinajstić information content (AvgIpc) is 3.09. The van der Waals surface area contributed by atoms with Gasteiger partial charge in [0, 0.05) is 5.92 Å². The Hall–Kier alpha value is -3.08. The average molecular weight is 408 g/mol. The van der Waals surface area contributed by atoms with E-state index in [0.29, 0.717) is 12.8 Å². The zero-order chi connectivity index (χ0) is 21.3. The molecule has 1 aliphatic carbocycles. The molecule has 1 amide bonds. The van der Waals surface area contributed by atoms with E-state index < -0.39 is 18.1 Å². The molecule has 0 saturated carbocycles. The summed E-state index contributed by atoms with van der Waals surface area (Å²) in [4.78, 5) is 24.8. The molecule has 1 atom stereocenters. The Morgan fingerprint density at radius 1 is 1.07 bits per heavy atom. The Morgan fingerprint density at radius 2 is 1.70 bits per heavy atom. The number of hydrogen-bond donors (Lipinski definition) is 1. The second kappa shape index (κ2) is 10.6. The highest BCUT2D eigenvalue weighted by Crippen LogP contribution is 2.44. The third-order valence-corrected chi connectivity index (χ3v) is 5.33. The fraction of sp³-hybridized carbons (Fsp3) is 0.360. The van der Waals surface area contributed by atoms with Crippen LogP contribution in [0, 0.1) is 0 Å². The number of carbonyl (C=O) groups excluding carboxylic acids is 2. The molecule has 1 aliphatic rings. The number of amides is 1. The first-order valence-electron chi connectivity index (χ1n) is 10.5. The van der Waals surface area contributed by atoms with Crippen LogP contribution in [-0.2, 0) is 14.3 Å². The van der Waals surface area contributed by atoms with Crippen LogP contribution in [0.1, 0.15) is 49.7 Å². The Balaban J connectivity index is 1.62. The molecule has 0 fully saturated rings. The lowest BCUT2D eigenvalue weighted by Crippen LogP contribution is -2.42. The van der Waals surface area contributed by atoms with E-state index in [4.69, 9.17) is 9.47 Å². The fourth-order valence-corrected chi connectivity index (χ4v) is 3.78. The summed E-state index contributed by atoms with van der Waals surface area (Å²) in [5, 5.41) is 2.69. The highest BCUT2D eigenvalue weighted by atomic mass is 16.6. The summed E-state index contributed by atoms with van der Waals surface area (Å²) in [7, 11) is 0. The van der Waals surface area contributed by atoms with Crippen LogP contribution in [0.5, 0.6) is 0 Å². The number of alkyl carbamates (subject to hydrolysis) is 1. The van der Waals surface area contributed by atoms with Gasteiger partial charge in [-0.2, -0.15) is 0 Å². The Kier molecular flexibility index (Phi) is 7.66. The van der Waals surface area contributed by atoms with Gasteiger partial charge in [0.05, 0.1) is 6.61 Å². The lowest BCUT2D eigenvalue weighted by molar-refractivity contribution is -0.146. The number of carbonyl (C=O) groups is 2. The molecule has 0 bridgehead atoms. The van der Waals surface area contributed by atoms with Crippen molar-refractivity contribution in [2.24, 2.45) is 0 Å². The zero-order valence-corrected chi connectivity index (χ0v) is 17.4. The number of esters is 1. The number of fused-ring (bicyclic) bond motifs is 3. The van der Waals surface area contributed by atoms with Gasteiger partial charge in [0.25, 0.3) is 0 Å². The van der Waals surface area contributed by atoms with Gasteiger partial charge in [-0.15, -0.1) is 6.58 Å². The fourth-order valence-electron chi connectivity index (χ4n) is 3.78. The minimum atomic E-state index is -0.703. The molecule has 0 heterocycles. The van der Waals surface area contributed by atoms with Crippen LogP contribution in [0.2, 0.25) is 0 Å². The summed E-state index contributed by atoms with van der Waals surface area (Å²) in [6.45, 7) is 6.12. The summed E-state index contributed by atoms with van der Waals surface area (Å²) in [6.07, 6.45) is 3.92. The Bertz CT molecular complexity index is 847. The van der Waals surface area contributed by atoms with Gasteiger partial charge in [-0.25, -0.2) is 9.59 Å². The smallest absolute Gasteiger partial charge is 0.407 e. The number of rotatable bonds is 10. The van der Waals surface area contributed by atoms with Crippen molar-refractivity contribution in [2.45, 2.75) is 44.6 Å². The van der Waals surface area contributed by atoms with Crippen LogP contribution in [0.15, 0.2) is 61.2 Å². The second-order valence-electron chi connectivity index (χ2n) is 7.41. The van der Waals surface area contributed by atoms with Gasteiger partial charge in [-0.3, -0.25) is 0 Å². The van der Waals surface area contributed by atoms with E-state index in [9.17, 15) is 9.59 Å². The standard InChI is InChI=1S/C25H29NO4/c1-3-5-15-23(24(27)29-16-6-4-2)26-25(28)30-17-22-20-13-9-7-11-18(20)19-12-8-10-14-21(19)22/h4,7-14,22-23H,2-3,5-6,15-17H2,1H3,(H,26,28). The first-order chi connectivity index (χ1) is 14.7. The first-order valence-corrected chi connectivity index (χ1v) is 10.5. The zero-order valence-electron chi connectivity index (χ0n) is 17.4. The molecule has 1 N–H and O–H groups in total. The van der Waals surface area contributed by atoms with Crippen LogP contribution in [0.4, 0.5) is 4.79 Å². The van der Waals surface area contributed by atoms with E-state index in [2.05, 4.69) is 36.2 Å². The molecule has 0 aromatic heterocycles. The van der Waals surface area contributed by atoms with Crippen LogP contribution in [-0.4, -0.2) is 31.3 Å². The van der Waals surface area contributed by atoms with Crippen molar-refractivity contribution < 1.29 is 19.1 Å². The topological polar surface area (TPSA) is 64.6 Å². The maximum atomic E-state index is 12.5. The van der Waals surface area contributed by atoms with Crippen molar-refractivity contribution in [3.63, 3.8) is 0 Å². The molecule has 5 heteroatoms. The molecular weight excluding hydrogens is 378 g/mol. The van der Waals surface area contributed by atoms with E-state index >= 15 is 0 Å². The van der Waals surface area contributed by atoms with Gasteiger partial charge < -0.3 is 14.8 Å². The van der Waals surface area contributed by atoms with E-state index in [1.165, 1.54) is 11.1 Å². The molecule has 158 valence electrons. The SMILES string of the molecule is C=CCCOC(=O)C(CCCC)NC(=O)OCC1c2ccccc2-c2ccccc21. The summed E-state index contributed by atoms with van der Waals surface area (Å²) in [5.74, 6) is -0.449. The van der Waals surface area contributed by atoms with Gasteiger partial charge in [-0.05, 0) is 35.1 Å². The van der Waals surface area contributed by atoms with Crippen molar-refractivity contribution in [3.8, 4) is 11.1 Å². The summed E-state index contributed by atoms with van der Waals surface area (Å²) >= 11 is 0.